The molecule has 0 radical (unpaired) electrons. The Hall–Kier alpha value is -4.15. The van der Waals surface area contributed by atoms with Gasteiger partial charge in [-0.3, -0.25) is 9.65 Å². The summed E-state index contributed by atoms with van der Waals surface area (Å²) in [4.78, 5) is 9.10. The molecule has 0 unspecified atom stereocenters. The molecule has 3 aromatic heterocycles. The largest absolute Gasteiger partial charge is 0.368 e. The van der Waals surface area contributed by atoms with Crippen LogP contribution in [0.15, 0.2) is 48.7 Å². The number of rotatable bonds is 6. The second-order valence-electron chi connectivity index (χ2n) is 9.84. The molecule has 0 atom stereocenters. The minimum atomic E-state index is -3.78. The van der Waals surface area contributed by atoms with Crippen molar-refractivity contribution in [1.82, 2.24) is 33.9 Å². The topological polar surface area (TPSA) is 192 Å². The Morgan fingerprint density at radius 3 is 2.37 bits per heavy atom. The number of hydrogen-bond acceptors (Lipinski definition) is 9. The lowest BCUT2D eigenvalue weighted by Crippen LogP contribution is -2.23. The molecule has 5 aromatic rings. The van der Waals surface area contributed by atoms with Crippen LogP contribution >= 0.6 is 0 Å². The van der Waals surface area contributed by atoms with Crippen LogP contribution in [0, 0.1) is 5.82 Å². The van der Waals surface area contributed by atoms with Crippen molar-refractivity contribution >= 4 is 37.1 Å². The zero-order valence-electron chi connectivity index (χ0n) is 22.2. The van der Waals surface area contributed by atoms with Crippen molar-refractivity contribution in [3.8, 4) is 34.0 Å². The number of nitrogens with zero attached hydrogens (tertiary/aromatic N) is 6. The first kappa shape index (κ1) is 28.4. The smallest absolute Gasteiger partial charge is 0.261 e. The van der Waals surface area contributed by atoms with Gasteiger partial charge in [0.2, 0.25) is 16.0 Å². The van der Waals surface area contributed by atoms with Crippen molar-refractivity contribution in [2.45, 2.75) is 38.0 Å². The van der Waals surface area contributed by atoms with E-state index >= 15 is 4.39 Å². The fourth-order valence-corrected chi connectivity index (χ4v) is 5.57. The van der Waals surface area contributed by atoms with Gasteiger partial charge < -0.3 is 10.3 Å². The second kappa shape index (κ2) is 10.4. The van der Waals surface area contributed by atoms with Crippen molar-refractivity contribution in [2.24, 2.45) is 0 Å². The molecule has 16 heteroatoms. The number of hydrogen-bond donors (Lipinski definition) is 3. The Labute approximate surface area is 235 Å². The summed E-state index contributed by atoms with van der Waals surface area (Å²) in [5.74, 6) is 0.0373. The normalized spacial score (nSPS) is 13.9. The number of halogens is 1. The van der Waals surface area contributed by atoms with Crippen molar-refractivity contribution in [2.75, 3.05) is 12.0 Å². The predicted octanol–water partition coefficient (Wildman–Crippen LogP) is 3.50. The summed E-state index contributed by atoms with van der Waals surface area (Å²) in [5.41, 5.74) is 9.47. The maximum Gasteiger partial charge on any atom is 0.261 e. The van der Waals surface area contributed by atoms with E-state index in [0.29, 0.717) is 51.3 Å². The third-order valence-corrected chi connectivity index (χ3v) is 8.44. The first-order valence-corrected chi connectivity index (χ1v) is 15.8. The molecule has 0 bridgehead atoms. The van der Waals surface area contributed by atoms with Crippen LogP contribution in [0.1, 0.15) is 32.7 Å². The highest BCUT2D eigenvalue weighted by molar-refractivity contribution is 7.90. The van der Waals surface area contributed by atoms with Crippen LogP contribution in [-0.4, -0.2) is 66.8 Å². The van der Waals surface area contributed by atoms with Gasteiger partial charge in [0.05, 0.1) is 34.4 Å². The van der Waals surface area contributed by atoms with Gasteiger partial charge in [0, 0.05) is 17.2 Å². The van der Waals surface area contributed by atoms with E-state index in [9.17, 15) is 16.8 Å². The number of imidazole rings is 2. The number of anilines is 1. The van der Waals surface area contributed by atoms with Crippen molar-refractivity contribution in [3.63, 3.8) is 0 Å². The number of H-pyrrole nitrogens is 1. The van der Waals surface area contributed by atoms with Gasteiger partial charge in [-0.05, 0) is 51.0 Å². The molecule has 1 aliphatic carbocycles. The summed E-state index contributed by atoms with van der Waals surface area (Å²) in [6.45, 7) is 3.18. The van der Waals surface area contributed by atoms with Gasteiger partial charge in [-0.2, -0.15) is 8.42 Å². The average Bonchev–Trinajstić information content (AvgIpc) is 3.28. The molecular formula is C25H27FN8O5S2. The van der Waals surface area contributed by atoms with Gasteiger partial charge in [-0.25, -0.2) is 26.7 Å². The van der Waals surface area contributed by atoms with E-state index in [1.54, 1.807) is 50.4 Å². The molecule has 1 saturated carbocycles. The highest BCUT2D eigenvalue weighted by Crippen LogP contribution is 2.46. The maximum absolute atomic E-state index is 15.0. The fourth-order valence-electron chi connectivity index (χ4n) is 4.43. The van der Waals surface area contributed by atoms with E-state index in [1.807, 2.05) is 10.6 Å². The van der Waals surface area contributed by atoms with E-state index in [0.717, 1.165) is 16.8 Å². The Kier molecular flexibility index (Phi) is 7.17. The quantitative estimate of drug-likeness (QED) is 0.242. The number of nitrogen functional groups attached to an aromatic ring is 1. The standard InChI is InChI=1S/C24H23FN8O2S.CH4O3S/c1-13(2)36(34,35)33-20-11-14(7-10-18(20)28-24(33)26)22-21(16-5-3-4-6-17(16)25)29-23(19-12-27-31-30-19)32(22)15-8-9-15;1-5(2,3)4/h3-7,10-13,15H,8-9H2,1-2H3,(H2,26,28)(H,27,30,31);1H3,(H,2,3,4). The monoisotopic (exact) mass is 602 g/mol. The number of benzene rings is 2. The lowest BCUT2D eigenvalue weighted by Gasteiger charge is -2.14. The molecule has 0 spiro atoms. The Morgan fingerprint density at radius 1 is 1.10 bits per heavy atom. The van der Waals surface area contributed by atoms with Crippen molar-refractivity contribution in [3.05, 3.63) is 54.5 Å². The van der Waals surface area contributed by atoms with Gasteiger partial charge in [-0.15, -0.1) is 5.10 Å². The summed E-state index contributed by atoms with van der Waals surface area (Å²) >= 11 is 0. The first-order chi connectivity index (χ1) is 19.3. The number of nitrogens with two attached hydrogens (primary N) is 1. The average molecular weight is 603 g/mol. The maximum atomic E-state index is 15.0. The molecule has 41 heavy (non-hydrogen) atoms. The molecular weight excluding hydrogens is 575 g/mol. The molecule has 2 aromatic carbocycles. The fraction of sp³-hybridized carbons (Fsp3) is 0.280. The first-order valence-electron chi connectivity index (χ1n) is 12.5. The zero-order chi connectivity index (χ0) is 29.7. The summed E-state index contributed by atoms with van der Waals surface area (Å²) in [5, 5.41) is 9.99. The number of aromatic amines is 1. The van der Waals surface area contributed by atoms with Gasteiger partial charge >= 0.3 is 0 Å². The van der Waals surface area contributed by atoms with Gasteiger partial charge in [0.25, 0.3) is 10.1 Å². The number of aromatic nitrogens is 7. The Bertz CT molecular complexity index is 1950. The molecule has 0 saturated heterocycles. The van der Waals surface area contributed by atoms with Gasteiger partial charge in [-0.1, -0.05) is 23.4 Å². The SMILES string of the molecule is CC(C)S(=O)(=O)n1c(N)nc2ccc(-c3c(-c4ccccc4F)nc(-c4c[nH]nn4)n3C3CC3)cc21.CS(=O)(=O)O. The van der Waals surface area contributed by atoms with Crippen LogP contribution in [-0.2, 0) is 20.1 Å². The van der Waals surface area contributed by atoms with E-state index in [1.165, 1.54) is 6.07 Å². The van der Waals surface area contributed by atoms with E-state index in [2.05, 4.69) is 20.4 Å². The molecule has 0 aliphatic heterocycles. The highest BCUT2D eigenvalue weighted by Gasteiger charge is 2.34. The summed E-state index contributed by atoms with van der Waals surface area (Å²) < 4.78 is 70.3. The van der Waals surface area contributed by atoms with Crippen LogP contribution in [0.2, 0.25) is 0 Å². The predicted molar refractivity (Wildman–Crippen MR) is 151 cm³/mol. The highest BCUT2D eigenvalue weighted by atomic mass is 32.2. The molecule has 4 N–H and O–H groups in total. The lowest BCUT2D eigenvalue weighted by atomic mass is 10.0. The van der Waals surface area contributed by atoms with Crippen LogP contribution in [0.3, 0.4) is 0 Å². The molecule has 13 nitrogen and oxygen atoms in total. The molecule has 1 fully saturated rings. The van der Waals surface area contributed by atoms with Crippen LogP contribution in [0.4, 0.5) is 10.3 Å². The lowest BCUT2D eigenvalue weighted by molar-refractivity contribution is 0.490. The number of fused-ring (bicyclic) bond motifs is 1. The van der Waals surface area contributed by atoms with Crippen LogP contribution in [0.5, 0.6) is 0 Å². The Balaban J connectivity index is 0.000000623. The summed E-state index contributed by atoms with van der Waals surface area (Å²) in [7, 11) is -7.45. The molecule has 216 valence electrons. The third-order valence-electron chi connectivity index (χ3n) is 6.36. The molecule has 1 aliphatic rings. The van der Waals surface area contributed by atoms with Crippen LogP contribution in [0.25, 0.3) is 45.1 Å². The Morgan fingerprint density at radius 2 is 1.78 bits per heavy atom. The number of nitrogens with one attached hydrogen (secondary N) is 1. The summed E-state index contributed by atoms with van der Waals surface area (Å²) in [6.07, 6.45) is 4.22. The van der Waals surface area contributed by atoms with E-state index in [-0.39, 0.29) is 12.0 Å². The zero-order valence-corrected chi connectivity index (χ0v) is 23.9. The second-order valence-corrected chi connectivity index (χ2v) is 13.6. The minimum absolute atomic E-state index is 0.107. The van der Waals surface area contributed by atoms with Crippen molar-refractivity contribution in [1.29, 1.82) is 0 Å². The molecule has 0 amide bonds. The van der Waals surface area contributed by atoms with Gasteiger partial charge in [0.1, 0.15) is 17.2 Å². The van der Waals surface area contributed by atoms with Gasteiger partial charge in [0.15, 0.2) is 5.82 Å². The molecule has 6 rings (SSSR count). The molecule has 3 heterocycles. The van der Waals surface area contributed by atoms with E-state index < -0.39 is 31.2 Å². The minimum Gasteiger partial charge on any atom is -0.368 e. The summed E-state index contributed by atoms with van der Waals surface area (Å²) in [6, 6.07) is 11.9. The van der Waals surface area contributed by atoms with Crippen molar-refractivity contribution < 1.29 is 25.8 Å². The third kappa shape index (κ3) is 5.57. The van der Waals surface area contributed by atoms with Crippen LogP contribution < -0.4 is 5.73 Å². The van der Waals surface area contributed by atoms with E-state index in [4.69, 9.17) is 15.3 Å².